The Labute approximate surface area is 134 Å². The zero-order valence-electron chi connectivity index (χ0n) is 11.1. The summed E-state index contributed by atoms with van der Waals surface area (Å²) in [6.45, 7) is 0. The normalized spacial score (nSPS) is 15.6. The van der Waals surface area contributed by atoms with Crippen LogP contribution in [0.5, 0.6) is 0 Å². The van der Waals surface area contributed by atoms with Gasteiger partial charge in [0.05, 0.1) is 9.26 Å². The highest BCUT2D eigenvalue weighted by atomic mass is 127. The molecule has 0 atom stereocenters. The molecule has 1 aliphatic rings. The van der Waals surface area contributed by atoms with E-state index >= 15 is 0 Å². The minimum atomic E-state index is -0.948. The largest absolute Gasteiger partial charge is 0.306 e. The third-order valence-corrected chi connectivity index (χ3v) is 4.87. The van der Waals surface area contributed by atoms with E-state index in [1.165, 1.54) is 6.07 Å². The van der Waals surface area contributed by atoms with E-state index in [0.29, 0.717) is 15.0 Å². The number of nitrogens with zero attached hydrogens (tertiary/aromatic N) is 1. The Balaban J connectivity index is 2.10. The van der Waals surface area contributed by atoms with Crippen LogP contribution in [0.3, 0.4) is 0 Å². The summed E-state index contributed by atoms with van der Waals surface area (Å²) in [4.78, 5) is 19.2. The molecular weight excluding hydrogens is 389 g/mol. The van der Waals surface area contributed by atoms with Gasteiger partial charge in [0.2, 0.25) is 0 Å². The van der Waals surface area contributed by atoms with Crippen molar-refractivity contribution in [3.8, 4) is 11.4 Å². The Morgan fingerprint density at radius 1 is 1.19 bits per heavy atom. The van der Waals surface area contributed by atoms with Gasteiger partial charge >= 0.3 is 0 Å². The van der Waals surface area contributed by atoms with Crippen LogP contribution in [0, 0.1) is 15.2 Å². The van der Waals surface area contributed by atoms with E-state index in [2.05, 4.69) is 9.97 Å². The fourth-order valence-electron chi connectivity index (χ4n) is 2.73. The predicted octanol–water partition coefficient (Wildman–Crippen LogP) is 3.98. The molecule has 0 unspecified atom stereocenters. The monoisotopic (exact) mass is 402 g/mol. The first kappa shape index (κ1) is 14.6. The molecule has 3 rings (SSSR count). The average molecular weight is 402 g/mol. The summed E-state index contributed by atoms with van der Waals surface area (Å²) >= 11 is 2.00. The van der Waals surface area contributed by atoms with Crippen molar-refractivity contribution in [2.24, 2.45) is 0 Å². The third kappa shape index (κ3) is 2.86. The molecule has 6 heteroatoms. The van der Waals surface area contributed by atoms with Crippen molar-refractivity contribution in [1.29, 1.82) is 0 Å². The van der Waals surface area contributed by atoms with Crippen molar-refractivity contribution < 1.29 is 8.78 Å². The third-order valence-electron chi connectivity index (χ3n) is 3.82. The van der Waals surface area contributed by atoms with E-state index < -0.39 is 11.6 Å². The zero-order chi connectivity index (χ0) is 15.0. The van der Waals surface area contributed by atoms with Gasteiger partial charge in [0.15, 0.2) is 11.6 Å². The van der Waals surface area contributed by atoms with E-state index in [-0.39, 0.29) is 11.5 Å². The molecule has 3 nitrogen and oxygen atoms in total. The molecule has 0 radical (unpaired) electrons. The molecule has 1 N–H and O–H groups in total. The van der Waals surface area contributed by atoms with Crippen LogP contribution in [0.2, 0.25) is 0 Å². The van der Waals surface area contributed by atoms with Gasteiger partial charge in [0, 0.05) is 11.5 Å². The fourth-order valence-corrected chi connectivity index (χ4v) is 3.42. The maximum absolute atomic E-state index is 13.3. The summed E-state index contributed by atoms with van der Waals surface area (Å²) in [7, 11) is 0. The number of halogens is 3. The lowest BCUT2D eigenvalue weighted by atomic mass is 10.0. The van der Waals surface area contributed by atoms with Crippen molar-refractivity contribution in [1.82, 2.24) is 9.97 Å². The Bertz CT molecular complexity index is 739. The second-order valence-corrected chi connectivity index (χ2v) is 6.30. The topological polar surface area (TPSA) is 45.8 Å². The molecule has 0 aliphatic heterocycles. The maximum atomic E-state index is 13.3. The van der Waals surface area contributed by atoms with Gasteiger partial charge in [-0.3, -0.25) is 4.79 Å². The predicted molar refractivity (Wildman–Crippen MR) is 84.1 cm³/mol. The molecule has 110 valence electrons. The first-order valence-corrected chi connectivity index (χ1v) is 7.89. The van der Waals surface area contributed by atoms with E-state index in [9.17, 15) is 13.6 Å². The van der Waals surface area contributed by atoms with Crippen LogP contribution in [0.4, 0.5) is 8.78 Å². The zero-order valence-corrected chi connectivity index (χ0v) is 13.3. The van der Waals surface area contributed by atoms with Crippen molar-refractivity contribution in [3.05, 3.63) is 49.5 Å². The van der Waals surface area contributed by atoms with E-state index in [0.717, 1.165) is 43.5 Å². The number of rotatable bonds is 2. The van der Waals surface area contributed by atoms with Gasteiger partial charge in [-0.1, -0.05) is 12.8 Å². The van der Waals surface area contributed by atoms with Crippen LogP contribution >= 0.6 is 22.6 Å². The Kier molecular flexibility index (Phi) is 4.05. The van der Waals surface area contributed by atoms with Crippen molar-refractivity contribution in [2.75, 3.05) is 0 Å². The molecule has 1 heterocycles. The van der Waals surface area contributed by atoms with Gasteiger partial charge in [-0.15, -0.1) is 0 Å². The van der Waals surface area contributed by atoms with Gasteiger partial charge in [-0.2, -0.15) is 0 Å². The number of nitrogens with one attached hydrogen (secondary N) is 1. The highest BCUT2D eigenvalue weighted by Crippen LogP contribution is 2.35. The van der Waals surface area contributed by atoms with Crippen molar-refractivity contribution in [2.45, 2.75) is 31.6 Å². The van der Waals surface area contributed by atoms with E-state index in [1.807, 2.05) is 22.6 Å². The maximum Gasteiger partial charge on any atom is 0.264 e. The summed E-state index contributed by atoms with van der Waals surface area (Å²) in [6.07, 6.45) is 4.30. The highest BCUT2D eigenvalue weighted by molar-refractivity contribution is 14.1. The SMILES string of the molecule is O=c1[nH]c(-c2ccc(F)c(F)c2)nc(C2CCCC2)c1I. The van der Waals surface area contributed by atoms with Crippen molar-refractivity contribution >= 4 is 22.6 Å². The second-order valence-electron chi connectivity index (χ2n) is 5.22. The average Bonchev–Trinajstić information content (AvgIpc) is 2.98. The summed E-state index contributed by atoms with van der Waals surface area (Å²) in [6, 6.07) is 3.51. The molecule has 1 aromatic heterocycles. The number of aromatic amines is 1. The standard InChI is InChI=1S/C15H13F2IN2O/c16-10-6-5-9(7-11(10)17)14-19-13(8-3-1-2-4-8)12(18)15(21)20-14/h5-8H,1-4H2,(H,19,20,21). The summed E-state index contributed by atoms with van der Waals surface area (Å²) in [5, 5.41) is 0. The lowest BCUT2D eigenvalue weighted by molar-refractivity contribution is 0.509. The van der Waals surface area contributed by atoms with Gasteiger partial charge < -0.3 is 4.98 Å². The molecular formula is C15H13F2IN2O. The first-order valence-electron chi connectivity index (χ1n) is 6.81. The molecule has 0 bridgehead atoms. The Morgan fingerprint density at radius 3 is 2.57 bits per heavy atom. The quantitative estimate of drug-likeness (QED) is 0.773. The number of benzene rings is 1. The molecule has 1 aromatic carbocycles. The summed E-state index contributed by atoms with van der Waals surface area (Å²) < 4.78 is 27.0. The van der Waals surface area contributed by atoms with Crippen LogP contribution < -0.4 is 5.56 Å². The van der Waals surface area contributed by atoms with E-state index in [1.54, 1.807) is 0 Å². The van der Waals surface area contributed by atoms with Crippen LogP contribution in [0.25, 0.3) is 11.4 Å². The number of hydrogen-bond donors (Lipinski definition) is 1. The highest BCUT2D eigenvalue weighted by Gasteiger charge is 2.23. The van der Waals surface area contributed by atoms with Crippen LogP contribution in [-0.4, -0.2) is 9.97 Å². The fraction of sp³-hybridized carbons (Fsp3) is 0.333. The minimum absolute atomic E-state index is 0.229. The summed E-state index contributed by atoms with van der Waals surface area (Å²) in [5.41, 5.74) is 0.922. The van der Waals surface area contributed by atoms with Crippen LogP contribution in [0.1, 0.15) is 37.3 Å². The van der Waals surface area contributed by atoms with Gasteiger partial charge in [-0.25, -0.2) is 13.8 Å². The molecule has 0 amide bonds. The molecule has 1 saturated carbocycles. The second kappa shape index (κ2) is 5.82. The smallest absolute Gasteiger partial charge is 0.264 e. The molecule has 21 heavy (non-hydrogen) atoms. The lowest BCUT2D eigenvalue weighted by Crippen LogP contribution is -2.18. The van der Waals surface area contributed by atoms with Gasteiger partial charge in [-0.05, 0) is 53.6 Å². The molecule has 1 aliphatic carbocycles. The minimum Gasteiger partial charge on any atom is -0.306 e. The number of H-pyrrole nitrogens is 1. The van der Waals surface area contributed by atoms with Gasteiger partial charge in [0.1, 0.15) is 5.82 Å². The lowest BCUT2D eigenvalue weighted by Gasteiger charge is -2.12. The van der Waals surface area contributed by atoms with Crippen LogP contribution in [0.15, 0.2) is 23.0 Å². The number of hydrogen-bond acceptors (Lipinski definition) is 2. The van der Waals surface area contributed by atoms with Gasteiger partial charge in [0.25, 0.3) is 5.56 Å². The Hall–Kier alpha value is -1.31. The first-order chi connectivity index (χ1) is 10.1. The number of aromatic nitrogens is 2. The van der Waals surface area contributed by atoms with Crippen LogP contribution in [-0.2, 0) is 0 Å². The molecule has 1 fully saturated rings. The molecule has 0 spiro atoms. The Morgan fingerprint density at radius 2 is 1.90 bits per heavy atom. The van der Waals surface area contributed by atoms with Crippen molar-refractivity contribution in [3.63, 3.8) is 0 Å². The molecule has 0 saturated heterocycles. The summed E-state index contributed by atoms with van der Waals surface area (Å²) in [5.74, 6) is -1.29. The molecule has 2 aromatic rings. The van der Waals surface area contributed by atoms with E-state index in [4.69, 9.17) is 0 Å².